The van der Waals surface area contributed by atoms with Crippen LogP contribution in [0.5, 0.6) is 5.75 Å². The summed E-state index contributed by atoms with van der Waals surface area (Å²) in [5.74, 6) is 1.53. The molecule has 0 fully saturated rings. The number of hydrogen-bond donors (Lipinski definition) is 1. The van der Waals surface area contributed by atoms with Crippen LogP contribution in [0.4, 0.5) is 5.95 Å². The molecule has 0 saturated carbocycles. The van der Waals surface area contributed by atoms with Crippen LogP contribution in [0.3, 0.4) is 0 Å². The largest absolute Gasteiger partial charge is 0.483 e. The molecule has 2 rings (SSSR count). The fourth-order valence-electron chi connectivity index (χ4n) is 1.42. The Labute approximate surface area is 110 Å². The molecule has 1 aromatic heterocycles. The van der Waals surface area contributed by atoms with Crippen molar-refractivity contribution >= 4 is 17.7 Å². The van der Waals surface area contributed by atoms with Crippen LogP contribution < -0.4 is 10.5 Å². The number of nitrogens with two attached hydrogens (primary N) is 1. The van der Waals surface area contributed by atoms with E-state index in [4.69, 9.17) is 10.5 Å². The van der Waals surface area contributed by atoms with Crippen LogP contribution in [0.2, 0.25) is 0 Å². The molecule has 0 radical (unpaired) electrons. The first kappa shape index (κ1) is 12.6. The first-order chi connectivity index (χ1) is 8.69. The number of nitrogen functional groups attached to an aromatic ring is 1. The second kappa shape index (κ2) is 5.68. The van der Waals surface area contributed by atoms with Gasteiger partial charge in [-0.05, 0) is 25.3 Å². The predicted molar refractivity (Wildman–Crippen MR) is 71.5 cm³/mol. The quantitative estimate of drug-likeness (QED) is 0.852. The van der Waals surface area contributed by atoms with Gasteiger partial charge in [-0.15, -0.1) is 0 Å². The van der Waals surface area contributed by atoms with E-state index < -0.39 is 0 Å². The number of para-hydroxylation sites is 1. The molecule has 0 bridgehead atoms. The predicted octanol–water partition coefficient (Wildman–Crippen LogP) is 2.32. The lowest BCUT2D eigenvalue weighted by Crippen LogP contribution is -2.11. The molecule has 0 aliphatic heterocycles. The maximum absolute atomic E-state index is 5.74. The van der Waals surface area contributed by atoms with E-state index in [1.165, 1.54) is 11.8 Å². The third kappa shape index (κ3) is 3.10. The monoisotopic (exact) mass is 262 g/mol. The number of aromatic nitrogens is 3. The number of benzene rings is 1. The van der Waals surface area contributed by atoms with Gasteiger partial charge in [0.05, 0.1) is 0 Å². The molecule has 94 valence electrons. The average Bonchev–Trinajstić information content (AvgIpc) is 2.39. The fourth-order valence-corrected chi connectivity index (χ4v) is 1.79. The highest BCUT2D eigenvalue weighted by molar-refractivity contribution is 7.98. The summed E-state index contributed by atoms with van der Waals surface area (Å²) in [5.41, 5.74) is 5.64. The summed E-state index contributed by atoms with van der Waals surface area (Å²) in [6, 6.07) is 9.53. The van der Waals surface area contributed by atoms with Crippen molar-refractivity contribution in [3.8, 4) is 5.75 Å². The lowest BCUT2D eigenvalue weighted by molar-refractivity contribution is 0.215. The van der Waals surface area contributed by atoms with Crippen molar-refractivity contribution in [2.75, 3.05) is 12.0 Å². The molecular formula is C12H14N4OS. The fraction of sp³-hybridized carbons (Fsp3) is 0.250. The van der Waals surface area contributed by atoms with Crippen LogP contribution in [-0.4, -0.2) is 21.2 Å². The highest BCUT2D eigenvalue weighted by Crippen LogP contribution is 2.20. The Morgan fingerprint density at radius 1 is 1.17 bits per heavy atom. The van der Waals surface area contributed by atoms with Crippen LogP contribution in [0.25, 0.3) is 0 Å². The molecule has 5 nitrogen and oxygen atoms in total. The number of thioether (sulfide) groups is 1. The van der Waals surface area contributed by atoms with Crippen molar-refractivity contribution < 1.29 is 4.74 Å². The van der Waals surface area contributed by atoms with Crippen molar-refractivity contribution in [2.45, 2.75) is 18.2 Å². The molecule has 0 aliphatic rings. The van der Waals surface area contributed by atoms with Gasteiger partial charge in [0.15, 0.2) is 17.1 Å². The summed E-state index contributed by atoms with van der Waals surface area (Å²) in [6.45, 7) is 1.88. The Morgan fingerprint density at radius 3 is 2.56 bits per heavy atom. The summed E-state index contributed by atoms with van der Waals surface area (Å²) in [6.07, 6.45) is 1.62. The van der Waals surface area contributed by atoms with Gasteiger partial charge in [-0.2, -0.15) is 9.97 Å². The number of nitrogens with zero attached hydrogens (tertiary/aromatic N) is 3. The molecule has 1 atom stereocenters. The Balaban J connectivity index is 2.18. The Morgan fingerprint density at radius 2 is 1.89 bits per heavy atom. The van der Waals surface area contributed by atoms with Crippen LogP contribution in [-0.2, 0) is 0 Å². The molecule has 0 spiro atoms. The Kier molecular flexibility index (Phi) is 3.99. The maximum atomic E-state index is 5.74. The van der Waals surface area contributed by atoms with Gasteiger partial charge in [-0.1, -0.05) is 30.0 Å². The summed E-state index contributed by atoms with van der Waals surface area (Å²) < 4.78 is 5.74. The van der Waals surface area contributed by atoms with Crippen molar-refractivity contribution in [1.29, 1.82) is 0 Å². The lowest BCUT2D eigenvalue weighted by atomic mass is 10.3. The summed E-state index contributed by atoms with van der Waals surface area (Å²) in [5, 5.41) is 0.598. The van der Waals surface area contributed by atoms with Gasteiger partial charge in [-0.25, -0.2) is 4.98 Å². The third-order valence-electron chi connectivity index (χ3n) is 2.25. The zero-order chi connectivity index (χ0) is 13.0. The second-order valence-electron chi connectivity index (χ2n) is 3.61. The molecule has 2 N–H and O–H groups in total. The lowest BCUT2D eigenvalue weighted by Gasteiger charge is -2.13. The molecule has 0 aliphatic carbocycles. The van der Waals surface area contributed by atoms with E-state index >= 15 is 0 Å². The minimum atomic E-state index is -0.274. The molecule has 18 heavy (non-hydrogen) atoms. The Hall–Kier alpha value is -1.82. The Bertz CT molecular complexity index is 521. The standard InChI is InChI=1S/C12H14N4OS/c1-8(17-9-6-4-3-5-7-9)10-14-11(13)16-12(15-10)18-2/h3-8H,1-2H3,(H2,13,14,15,16). The van der Waals surface area contributed by atoms with Crippen LogP contribution in [0.15, 0.2) is 35.5 Å². The smallest absolute Gasteiger partial charge is 0.224 e. The van der Waals surface area contributed by atoms with Gasteiger partial charge < -0.3 is 10.5 Å². The van der Waals surface area contributed by atoms with E-state index in [2.05, 4.69) is 15.0 Å². The first-order valence-electron chi connectivity index (χ1n) is 5.46. The van der Waals surface area contributed by atoms with Crippen LogP contribution >= 0.6 is 11.8 Å². The molecule has 1 aromatic carbocycles. The highest BCUT2D eigenvalue weighted by Gasteiger charge is 2.13. The highest BCUT2D eigenvalue weighted by atomic mass is 32.2. The SMILES string of the molecule is CSc1nc(N)nc(C(C)Oc2ccccc2)n1. The number of rotatable bonds is 4. The molecular weight excluding hydrogens is 248 g/mol. The van der Waals surface area contributed by atoms with Gasteiger partial charge in [0.1, 0.15) is 5.75 Å². The van der Waals surface area contributed by atoms with E-state index in [0.717, 1.165) is 5.75 Å². The summed E-state index contributed by atoms with van der Waals surface area (Å²) >= 11 is 1.42. The summed E-state index contributed by atoms with van der Waals surface area (Å²) in [4.78, 5) is 12.4. The second-order valence-corrected chi connectivity index (χ2v) is 4.39. The molecule has 1 unspecified atom stereocenters. The van der Waals surface area contributed by atoms with Crippen molar-refractivity contribution in [3.05, 3.63) is 36.2 Å². The molecule has 0 amide bonds. The van der Waals surface area contributed by atoms with Crippen LogP contribution in [0.1, 0.15) is 18.9 Å². The first-order valence-corrected chi connectivity index (χ1v) is 6.68. The van der Waals surface area contributed by atoms with E-state index in [9.17, 15) is 0 Å². The maximum Gasteiger partial charge on any atom is 0.224 e. The zero-order valence-corrected chi connectivity index (χ0v) is 11.0. The molecule has 0 saturated heterocycles. The minimum Gasteiger partial charge on any atom is -0.483 e. The van der Waals surface area contributed by atoms with Gasteiger partial charge in [-0.3, -0.25) is 0 Å². The normalized spacial score (nSPS) is 12.1. The third-order valence-corrected chi connectivity index (χ3v) is 2.80. The molecule has 2 aromatic rings. The number of ether oxygens (including phenoxy) is 1. The van der Waals surface area contributed by atoms with E-state index in [1.807, 2.05) is 43.5 Å². The van der Waals surface area contributed by atoms with Crippen molar-refractivity contribution in [1.82, 2.24) is 15.0 Å². The summed E-state index contributed by atoms with van der Waals surface area (Å²) in [7, 11) is 0. The van der Waals surface area contributed by atoms with E-state index in [1.54, 1.807) is 0 Å². The van der Waals surface area contributed by atoms with Crippen LogP contribution in [0, 0.1) is 0 Å². The zero-order valence-electron chi connectivity index (χ0n) is 10.2. The van der Waals surface area contributed by atoms with E-state index in [0.29, 0.717) is 11.0 Å². The number of anilines is 1. The topological polar surface area (TPSA) is 73.9 Å². The van der Waals surface area contributed by atoms with Gasteiger partial charge in [0.2, 0.25) is 5.95 Å². The number of hydrogen-bond acceptors (Lipinski definition) is 6. The molecule has 1 heterocycles. The minimum absolute atomic E-state index is 0.216. The van der Waals surface area contributed by atoms with E-state index in [-0.39, 0.29) is 12.1 Å². The van der Waals surface area contributed by atoms with Gasteiger partial charge >= 0.3 is 0 Å². The van der Waals surface area contributed by atoms with Crippen molar-refractivity contribution in [3.63, 3.8) is 0 Å². The van der Waals surface area contributed by atoms with Gasteiger partial charge in [0, 0.05) is 0 Å². The van der Waals surface area contributed by atoms with Gasteiger partial charge in [0.25, 0.3) is 0 Å². The molecule has 6 heteroatoms. The average molecular weight is 262 g/mol. The van der Waals surface area contributed by atoms with Crippen molar-refractivity contribution in [2.24, 2.45) is 0 Å².